The molecule has 4 heteroatoms. The zero-order valence-corrected chi connectivity index (χ0v) is 12.9. The molecule has 4 nitrogen and oxygen atoms in total. The molecule has 3 N–H and O–H groups in total. The number of aromatic nitrogens is 1. The van der Waals surface area contributed by atoms with Crippen LogP contribution in [0.1, 0.15) is 37.5 Å². The van der Waals surface area contributed by atoms with Gasteiger partial charge in [0.2, 0.25) is 5.88 Å². The van der Waals surface area contributed by atoms with Gasteiger partial charge in [-0.25, -0.2) is 4.98 Å². The van der Waals surface area contributed by atoms with Crippen molar-refractivity contribution in [2.24, 2.45) is 5.73 Å². The number of amidine groups is 1. The summed E-state index contributed by atoms with van der Waals surface area (Å²) < 4.78 is 5.95. The molecule has 2 rings (SSSR count). The monoisotopic (exact) mass is 283 g/mol. The fraction of sp³-hybridized carbons (Fsp3) is 0.294. The Labute approximate surface area is 125 Å². The lowest BCUT2D eigenvalue weighted by molar-refractivity contribution is 0.438. The van der Waals surface area contributed by atoms with Crippen molar-refractivity contribution < 1.29 is 4.74 Å². The van der Waals surface area contributed by atoms with E-state index in [9.17, 15) is 0 Å². The molecule has 2 aromatic rings. The Kier molecular flexibility index (Phi) is 3.98. The van der Waals surface area contributed by atoms with E-state index in [0.717, 1.165) is 11.3 Å². The van der Waals surface area contributed by atoms with Crippen molar-refractivity contribution >= 4 is 5.84 Å². The van der Waals surface area contributed by atoms with Crippen LogP contribution in [0.2, 0.25) is 0 Å². The maximum absolute atomic E-state index is 7.61. The van der Waals surface area contributed by atoms with Crippen LogP contribution < -0.4 is 10.5 Å². The second-order valence-corrected chi connectivity index (χ2v) is 6.12. The molecule has 0 aliphatic rings. The summed E-state index contributed by atoms with van der Waals surface area (Å²) in [6, 6.07) is 9.53. The summed E-state index contributed by atoms with van der Waals surface area (Å²) in [4.78, 5) is 4.20. The first kappa shape index (κ1) is 15.0. The molecular weight excluding hydrogens is 262 g/mol. The van der Waals surface area contributed by atoms with Crippen LogP contribution >= 0.6 is 0 Å². The number of hydrogen-bond acceptors (Lipinski definition) is 3. The number of ether oxygens (including phenoxy) is 1. The molecular formula is C17H21N3O. The van der Waals surface area contributed by atoms with E-state index in [1.54, 1.807) is 18.3 Å². The molecule has 0 aliphatic carbocycles. The van der Waals surface area contributed by atoms with Crippen molar-refractivity contribution in [1.29, 1.82) is 5.41 Å². The van der Waals surface area contributed by atoms with Gasteiger partial charge in [-0.3, -0.25) is 5.41 Å². The largest absolute Gasteiger partial charge is 0.438 e. The highest BCUT2D eigenvalue weighted by Gasteiger charge is 2.20. The second kappa shape index (κ2) is 5.56. The fourth-order valence-electron chi connectivity index (χ4n) is 2.10. The first-order valence-corrected chi connectivity index (χ1v) is 6.87. The highest BCUT2D eigenvalue weighted by Crippen LogP contribution is 2.35. The van der Waals surface area contributed by atoms with E-state index in [2.05, 4.69) is 38.7 Å². The van der Waals surface area contributed by atoms with E-state index in [4.69, 9.17) is 15.9 Å². The van der Waals surface area contributed by atoms with E-state index in [1.807, 2.05) is 12.1 Å². The predicted octanol–water partition coefficient (Wildman–Crippen LogP) is 3.76. The van der Waals surface area contributed by atoms with Crippen LogP contribution in [0, 0.1) is 12.3 Å². The van der Waals surface area contributed by atoms with Gasteiger partial charge in [0.05, 0.1) is 5.56 Å². The molecule has 0 spiro atoms. The Morgan fingerprint density at radius 2 is 1.95 bits per heavy atom. The van der Waals surface area contributed by atoms with E-state index in [1.165, 1.54) is 5.56 Å². The molecule has 0 unspecified atom stereocenters. The number of rotatable bonds is 3. The minimum absolute atomic E-state index is 0.0491. The van der Waals surface area contributed by atoms with Crippen LogP contribution in [0.4, 0.5) is 0 Å². The Bertz CT molecular complexity index is 672. The Morgan fingerprint density at radius 3 is 2.57 bits per heavy atom. The number of nitrogens with zero attached hydrogens (tertiary/aromatic N) is 1. The molecule has 0 saturated carbocycles. The van der Waals surface area contributed by atoms with E-state index >= 15 is 0 Å². The van der Waals surface area contributed by atoms with Crippen LogP contribution in [0.3, 0.4) is 0 Å². The summed E-state index contributed by atoms with van der Waals surface area (Å²) in [5, 5.41) is 7.61. The molecule has 110 valence electrons. The number of aryl methyl sites for hydroxylation is 1. The number of benzene rings is 1. The van der Waals surface area contributed by atoms with E-state index in [0.29, 0.717) is 11.4 Å². The molecule has 0 aliphatic heterocycles. The number of nitrogen functional groups attached to an aromatic ring is 1. The molecule has 1 aromatic heterocycles. The van der Waals surface area contributed by atoms with Crippen LogP contribution in [0.5, 0.6) is 11.6 Å². The minimum atomic E-state index is -0.0532. The smallest absolute Gasteiger partial charge is 0.230 e. The summed E-state index contributed by atoms with van der Waals surface area (Å²) in [6.07, 6.45) is 1.63. The minimum Gasteiger partial charge on any atom is -0.438 e. The first-order valence-electron chi connectivity index (χ1n) is 6.87. The van der Waals surface area contributed by atoms with Crippen LogP contribution in [0.15, 0.2) is 36.5 Å². The van der Waals surface area contributed by atoms with Crippen LogP contribution in [-0.2, 0) is 5.41 Å². The van der Waals surface area contributed by atoms with Crippen molar-refractivity contribution in [3.8, 4) is 11.6 Å². The van der Waals surface area contributed by atoms with Gasteiger partial charge >= 0.3 is 0 Å². The highest BCUT2D eigenvalue weighted by molar-refractivity contribution is 5.97. The lowest BCUT2D eigenvalue weighted by atomic mass is 9.85. The topological polar surface area (TPSA) is 72.0 Å². The maximum atomic E-state index is 7.61. The zero-order valence-electron chi connectivity index (χ0n) is 12.9. The molecule has 0 saturated heterocycles. The third-order valence-corrected chi connectivity index (χ3v) is 3.21. The van der Waals surface area contributed by atoms with Crippen LogP contribution in [-0.4, -0.2) is 10.8 Å². The highest BCUT2D eigenvalue weighted by atomic mass is 16.5. The molecule has 1 aromatic carbocycles. The van der Waals surface area contributed by atoms with Gasteiger partial charge in [0, 0.05) is 11.8 Å². The van der Waals surface area contributed by atoms with Crippen molar-refractivity contribution in [3.05, 3.63) is 53.2 Å². The van der Waals surface area contributed by atoms with Gasteiger partial charge in [-0.2, -0.15) is 0 Å². The lowest BCUT2D eigenvalue weighted by Gasteiger charge is -2.23. The normalized spacial score (nSPS) is 11.2. The number of hydrogen-bond donors (Lipinski definition) is 2. The Hall–Kier alpha value is -2.36. The van der Waals surface area contributed by atoms with E-state index < -0.39 is 0 Å². The molecule has 21 heavy (non-hydrogen) atoms. The van der Waals surface area contributed by atoms with E-state index in [-0.39, 0.29) is 11.3 Å². The number of pyridine rings is 1. The first-order chi connectivity index (χ1) is 9.79. The second-order valence-electron chi connectivity index (χ2n) is 6.12. The molecule has 0 fully saturated rings. The van der Waals surface area contributed by atoms with Gasteiger partial charge in [0.25, 0.3) is 0 Å². The van der Waals surface area contributed by atoms with Gasteiger partial charge in [-0.05, 0) is 30.5 Å². The summed E-state index contributed by atoms with van der Waals surface area (Å²) in [5.74, 6) is 1.05. The molecule has 0 atom stereocenters. The third-order valence-electron chi connectivity index (χ3n) is 3.21. The molecule has 0 radical (unpaired) electrons. The molecule has 0 bridgehead atoms. The maximum Gasteiger partial charge on any atom is 0.230 e. The Balaban J connectivity index is 2.48. The lowest BCUT2D eigenvalue weighted by Crippen LogP contribution is -2.15. The van der Waals surface area contributed by atoms with Crippen molar-refractivity contribution in [2.45, 2.75) is 33.1 Å². The van der Waals surface area contributed by atoms with Crippen LogP contribution in [0.25, 0.3) is 0 Å². The average molecular weight is 283 g/mol. The summed E-state index contributed by atoms with van der Waals surface area (Å²) in [6.45, 7) is 8.47. The molecule has 0 amide bonds. The van der Waals surface area contributed by atoms with Gasteiger partial charge in [-0.15, -0.1) is 0 Å². The summed E-state index contributed by atoms with van der Waals surface area (Å²) >= 11 is 0. The zero-order chi connectivity index (χ0) is 15.6. The van der Waals surface area contributed by atoms with Gasteiger partial charge in [0.15, 0.2) is 0 Å². The Morgan fingerprint density at radius 1 is 1.24 bits per heavy atom. The SMILES string of the molecule is Cc1ccc(Oc2ncccc2C(=N)N)c(C(C)(C)C)c1. The van der Waals surface area contributed by atoms with Gasteiger partial charge < -0.3 is 10.5 Å². The van der Waals surface area contributed by atoms with Crippen molar-refractivity contribution in [1.82, 2.24) is 4.98 Å². The summed E-state index contributed by atoms with van der Waals surface area (Å²) in [5.41, 5.74) is 8.31. The summed E-state index contributed by atoms with van der Waals surface area (Å²) in [7, 11) is 0. The average Bonchev–Trinajstić information content (AvgIpc) is 2.40. The van der Waals surface area contributed by atoms with Crippen molar-refractivity contribution in [3.63, 3.8) is 0 Å². The number of nitrogens with two attached hydrogens (primary N) is 1. The predicted molar refractivity (Wildman–Crippen MR) is 85.2 cm³/mol. The van der Waals surface area contributed by atoms with Gasteiger partial charge in [-0.1, -0.05) is 38.5 Å². The third kappa shape index (κ3) is 3.40. The fourth-order valence-corrected chi connectivity index (χ4v) is 2.10. The van der Waals surface area contributed by atoms with Crippen molar-refractivity contribution in [2.75, 3.05) is 0 Å². The standard InChI is InChI=1S/C17H21N3O/c1-11-7-8-14(13(10-11)17(2,3)4)21-16-12(15(18)19)6-5-9-20-16/h5-10H,1-4H3,(H3,18,19). The van der Waals surface area contributed by atoms with Gasteiger partial charge in [0.1, 0.15) is 11.6 Å². The molecule has 1 heterocycles. The number of nitrogens with one attached hydrogen (secondary N) is 1. The quantitative estimate of drug-likeness (QED) is 0.665.